The third-order valence-corrected chi connectivity index (χ3v) is 2.46. The van der Waals surface area contributed by atoms with E-state index in [0.717, 1.165) is 24.1 Å². The zero-order valence-corrected chi connectivity index (χ0v) is 7.58. The normalized spacial score (nSPS) is 25.4. The van der Waals surface area contributed by atoms with Gasteiger partial charge in [0.25, 0.3) is 0 Å². The van der Waals surface area contributed by atoms with Crippen LogP contribution in [0.4, 0.5) is 0 Å². The maximum Gasteiger partial charge on any atom is 0.0912 e. The molecule has 0 spiro atoms. The number of likely N-dealkylation sites (N-methyl/N-ethyl adjacent to an activating group) is 1. The lowest BCUT2D eigenvalue weighted by Gasteiger charge is -2.38. The molecule has 1 saturated heterocycles. The Morgan fingerprint density at radius 3 is 2.27 bits per heavy atom. The number of rotatable bonds is 2. The maximum atomic E-state index is 8.70. The quantitative estimate of drug-likeness (QED) is 0.542. The minimum Gasteiger partial charge on any atom is -0.395 e. The predicted octanol–water partition coefficient (Wildman–Crippen LogP) is -0.629. The molecular weight excluding hydrogens is 140 g/mol. The van der Waals surface area contributed by atoms with Crippen LogP contribution in [-0.2, 0) is 0 Å². The van der Waals surface area contributed by atoms with Gasteiger partial charge in [-0.1, -0.05) is 0 Å². The Balaban J connectivity index is 2.25. The van der Waals surface area contributed by atoms with Gasteiger partial charge in [0.05, 0.1) is 33.8 Å². The largest absolute Gasteiger partial charge is 0.395 e. The SMILES string of the molecule is C[N+]1(C)CCN(CCO)CC1. The topological polar surface area (TPSA) is 23.5 Å². The number of aliphatic hydroxyl groups is 1. The molecule has 11 heavy (non-hydrogen) atoms. The van der Waals surface area contributed by atoms with Crippen LogP contribution in [0.25, 0.3) is 0 Å². The molecule has 0 unspecified atom stereocenters. The van der Waals surface area contributed by atoms with Gasteiger partial charge >= 0.3 is 0 Å². The third-order valence-electron chi connectivity index (χ3n) is 2.46. The molecule has 1 aliphatic rings. The van der Waals surface area contributed by atoms with Crippen molar-refractivity contribution in [3.63, 3.8) is 0 Å². The predicted molar refractivity (Wildman–Crippen MR) is 45.4 cm³/mol. The van der Waals surface area contributed by atoms with Gasteiger partial charge in [-0.25, -0.2) is 0 Å². The number of β-amino-alcohol motifs (C(OH)–C–C–N with tert-alkyl or cyclic N) is 1. The second kappa shape index (κ2) is 3.52. The summed E-state index contributed by atoms with van der Waals surface area (Å²) in [5, 5.41) is 8.70. The van der Waals surface area contributed by atoms with Crippen molar-refractivity contribution in [3.05, 3.63) is 0 Å². The van der Waals surface area contributed by atoms with Crippen molar-refractivity contribution in [1.29, 1.82) is 0 Å². The smallest absolute Gasteiger partial charge is 0.0912 e. The van der Waals surface area contributed by atoms with Crippen LogP contribution >= 0.6 is 0 Å². The molecule has 0 atom stereocenters. The second-order valence-corrected chi connectivity index (χ2v) is 3.95. The zero-order chi connectivity index (χ0) is 8.32. The van der Waals surface area contributed by atoms with Gasteiger partial charge in [-0.05, 0) is 0 Å². The van der Waals surface area contributed by atoms with Crippen LogP contribution in [0.3, 0.4) is 0 Å². The summed E-state index contributed by atoms with van der Waals surface area (Å²) >= 11 is 0. The van der Waals surface area contributed by atoms with Gasteiger partial charge in [-0.15, -0.1) is 0 Å². The third kappa shape index (κ3) is 2.77. The molecule has 1 rings (SSSR count). The molecule has 66 valence electrons. The lowest BCUT2D eigenvalue weighted by Crippen LogP contribution is -2.55. The summed E-state index contributed by atoms with van der Waals surface area (Å²) in [5.41, 5.74) is 0. The first-order valence-corrected chi connectivity index (χ1v) is 4.29. The molecule has 0 aromatic rings. The lowest BCUT2D eigenvalue weighted by atomic mass is 10.3. The molecule has 3 nitrogen and oxygen atoms in total. The van der Waals surface area contributed by atoms with E-state index >= 15 is 0 Å². The van der Waals surface area contributed by atoms with E-state index in [4.69, 9.17) is 5.11 Å². The minimum atomic E-state index is 0.299. The molecule has 0 aromatic heterocycles. The van der Waals surface area contributed by atoms with Gasteiger partial charge in [0.1, 0.15) is 0 Å². The Bertz CT molecular complexity index is 115. The van der Waals surface area contributed by atoms with Crippen molar-refractivity contribution in [2.45, 2.75) is 0 Å². The molecule has 1 aliphatic heterocycles. The van der Waals surface area contributed by atoms with E-state index in [1.165, 1.54) is 13.1 Å². The number of quaternary nitrogens is 1. The highest BCUT2D eigenvalue weighted by Crippen LogP contribution is 2.05. The van der Waals surface area contributed by atoms with Gasteiger partial charge in [-0.2, -0.15) is 0 Å². The minimum absolute atomic E-state index is 0.299. The van der Waals surface area contributed by atoms with Crippen molar-refractivity contribution in [1.82, 2.24) is 4.90 Å². The van der Waals surface area contributed by atoms with E-state index in [2.05, 4.69) is 19.0 Å². The van der Waals surface area contributed by atoms with Crippen LogP contribution < -0.4 is 0 Å². The van der Waals surface area contributed by atoms with Crippen LogP contribution in [0.5, 0.6) is 0 Å². The Kier molecular flexibility index (Phi) is 2.87. The van der Waals surface area contributed by atoms with E-state index < -0.39 is 0 Å². The second-order valence-electron chi connectivity index (χ2n) is 3.95. The Morgan fingerprint density at radius 2 is 1.82 bits per heavy atom. The van der Waals surface area contributed by atoms with Crippen molar-refractivity contribution >= 4 is 0 Å². The first kappa shape index (κ1) is 8.97. The Morgan fingerprint density at radius 1 is 1.27 bits per heavy atom. The van der Waals surface area contributed by atoms with Crippen molar-refractivity contribution in [2.24, 2.45) is 0 Å². The highest BCUT2D eigenvalue weighted by atomic mass is 16.3. The van der Waals surface area contributed by atoms with Crippen LogP contribution in [0.2, 0.25) is 0 Å². The van der Waals surface area contributed by atoms with E-state index in [9.17, 15) is 0 Å². The number of nitrogens with zero attached hydrogens (tertiary/aromatic N) is 2. The lowest BCUT2D eigenvalue weighted by molar-refractivity contribution is -0.894. The van der Waals surface area contributed by atoms with Crippen molar-refractivity contribution in [2.75, 3.05) is 53.4 Å². The van der Waals surface area contributed by atoms with Gasteiger partial charge in [0.15, 0.2) is 0 Å². The van der Waals surface area contributed by atoms with Crippen molar-refractivity contribution in [3.8, 4) is 0 Å². The van der Waals surface area contributed by atoms with E-state index in [1.807, 2.05) is 0 Å². The first-order chi connectivity index (χ1) is 5.14. The van der Waals surface area contributed by atoms with Gasteiger partial charge in [0, 0.05) is 19.6 Å². The Hall–Kier alpha value is -0.120. The highest BCUT2D eigenvalue weighted by Gasteiger charge is 2.23. The molecular formula is C8H19N2O+. The fourth-order valence-electron chi connectivity index (χ4n) is 1.41. The standard InChI is InChI=1S/C8H19N2O/c1-10(2)6-3-9(4-7-10)5-8-11/h11H,3-8H2,1-2H3/q+1. The number of piperazine rings is 1. The van der Waals surface area contributed by atoms with Gasteiger partial charge in [-0.3, -0.25) is 4.90 Å². The molecule has 0 radical (unpaired) electrons. The molecule has 1 fully saturated rings. The average Bonchev–Trinajstić information content (AvgIpc) is 1.94. The van der Waals surface area contributed by atoms with Crippen LogP contribution in [0.1, 0.15) is 0 Å². The van der Waals surface area contributed by atoms with Gasteiger partial charge < -0.3 is 9.59 Å². The Labute approximate surface area is 68.8 Å². The summed E-state index contributed by atoms with van der Waals surface area (Å²) in [7, 11) is 4.52. The fourth-order valence-corrected chi connectivity index (χ4v) is 1.41. The zero-order valence-electron chi connectivity index (χ0n) is 7.58. The van der Waals surface area contributed by atoms with Gasteiger partial charge in [0.2, 0.25) is 0 Å². The molecule has 0 amide bonds. The summed E-state index contributed by atoms with van der Waals surface area (Å²) in [6.07, 6.45) is 0. The molecule has 0 bridgehead atoms. The molecule has 1 N–H and O–H groups in total. The summed E-state index contributed by atoms with van der Waals surface area (Å²) in [6.45, 7) is 5.83. The molecule has 0 aromatic carbocycles. The monoisotopic (exact) mass is 159 g/mol. The number of hydrogen-bond acceptors (Lipinski definition) is 2. The summed E-state index contributed by atoms with van der Waals surface area (Å²) < 4.78 is 1.13. The summed E-state index contributed by atoms with van der Waals surface area (Å²) in [5.74, 6) is 0. The highest BCUT2D eigenvalue weighted by molar-refractivity contribution is 4.60. The first-order valence-electron chi connectivity index (χ1n) is 4.29. The fraction of sp³-hybridized carbons (Fsp3) is 1.00. The van der Waals surface area contributed by atoms with E-state index in [1.54, 1.807) is 0 Å². The van der Waals surface area contributed by atoms with Crippen LogP contribution in [-0.4, -0.2) is 67.9 Å². The summed E-state index contributed by atoms with van der Waals surface area (Å²) in [4.78, 5) is 2.32. The van der Waals surface area contributed by atoms with Crippen LogP contribution in [0, 0.1) is 0 Å². The maximum absolute atomic E-state index is 8.70. The van der Waals surface area contributed by atoms with Crippen molar-refractivity contribution < 1.29 is 9.59 Å². The molecule has 0 saturated carbocycles. The van der Waals surface area contributed by atoms with E-state index in [-0.39, 0.29) is 0 Å². The van der Waals surface area contributed by atoms with Crippen LogP contribution in [0.15, 0.2) is 0 Å². The average molecular weight is 159 g/mol. The molecule has 3 heteroatoms. The number of hydrogen-bond donors (Lipinski definition) is 1. The van der Waals surface area contributed by atoms with E-state index in [0.29, 0.717) is 6.61 Å². The molecule has 1 heterocycles. The number of aliphatic hydroxyl groups excluding tert-OH is 1. The summed E-state index contributed by atoms with van der Waals surface area (Å²) in [6, 6.07) is 0. The molecule has 0 aliphatic carbocycles.